The van der Waals surface area contributed by atoms with Crippen LogP contribution in [0.2, 0.25) is 0 Å². The van der Waals surface area contributed by atoms with Crippen molar-refractivity contribution in [1.82, 2.24) is 0 Å². The van der Waals surface area contributed by atoms with E-state index in [9.17, 15) is 19.7 Å². The Hall–Kier alpha value is -3.02. The zero-order valence-corrected chi connectivity index (χ0v) is 11.8. The molecule has 0 spiro atoms. The van der Waals surface area contributed by atoms with Gasteiger partial charge < -0.3 is 4.74 Å². The molecule has 0 amide bonds. The molecule has 6 nitrogen and oxygen atoms in total. The number of esters is 1. The lowest BCUT2D eigenvalue weighted by Gasteiger charge is -2.05. The summed E-state index contributed by atoms with van der Waals surface area (Å²) >= 11 is 0. The second-order valence-corrected chi connectivity index (χ2v) is 4.67. The molecular formula is C16H13NO5. The lowest BCUT2D eigenvalue weighted by atomic mass is 10.1. The van der Waals surface area contributed by atoms with Crippen molar-refractivity contribution in [3.8, 4) is 0 Å². The Morgan fingerprint density at radius 3 is 2.41 bits per heavy atom. The number of hydrogen-bond acceptors (Lipinski definition) is 5. The predicted octanol–water partition coefficient (Wildman–Crippen LogP) is 2.94. The molecule has 0 atom stereocenters. The van der Waals surface area contributed by atoms with Crippen LogP contribution >= 0.6 is 0 Å². The molecule has 0 aliphatic carbocycles. The van der Waals surface area contributed by atoms with Crippen molar-refractivity contribution in [1.29, 1.82) is 0 Å². The molecule has 0 fully saturated rings. The Bertz CT molecular complexity index is 722. The summed E-state index contributed by atoms with van der Waals surface area (Å²) in [7, 11) is 0. The maximum absolute atomic E-state index is 11.9. The van der Waals surface area contributed by atoms with Crippen molar-refractivity contribution in [2.45, 2.75) is 6.92 Å². The number of nitro groups is 1. The fourth-order valence-corrected chi connectivity index (χ4v) is 1.78. The molecule has 0 bridgehead atoms. The van der Waals surface area contributed by atoms with E-state index in [1.165, 1.54) is 18.2 Å². The minimum Gasteiger partial charge on any atom is -0.454 e. The van der Waals surface area contributed by atoms with Gasteiger partial charge in [0, 0.05) is 17.7 Å². The number of ketones is 1. The molecular weight excluding hydrogens is 286 g/mol. The maximum Gasteiger partial charge on any atom is 0.338 e. The summed E-state index contributed by atoms with van der Waals surface area (Å²) < 4.78 is 4.90. The molecule has 0 aromatic heterocycles. The summed E-state index contributed by atoms with van der Waals surface area (Å²) in [5, 5.41) is 10.7. The van der Waals surface area contributed by atoms with Gasteiger partial charge in [-0.25, -0.2) is 4.79 Å². The normalized spacial score (nSPS) is 10.0. The summed E-state index contributed by atoms with van der Waals surface area (Å²) in [6.07, 6.45) is 0. The van der Waals surface area contributed by atoms with Crippen LogP contribution in [0.1, 0.15) is 26.3 Å². The van der Waals surface area contributed by atoms with Crippen LogP contribution in [0, 0.1) is 17.0 Å². The average Bonchev–Trinajstić information content (AvgIpc) is 2.53. The number of nitro benzene ring substituents is 1. The van der Waals surface area contributed by atoms with E-state index in [4.69, 9.17) is 4.74 Å². The number of non-ortho nitro benzene ring substituents is 1. The first kappa shape index (κ1) is 15.4. The van der Waals surface area contributed by atoms with E-state index in [0.29, 0.717) is 5.56 Å². The number of carbonyl (C=O) groups excluding carboxylic acids is 2. The van der Waals surface area contributed by atoms with Gasteiger partial charge in [-0.2, -0.15) is 0 Å². The third kappa shape index (κ3) is 3.76. The molecule has 0 saturated carbocycles. The average molecular weight is 299 g/mol. The van der Waals surface area contributed by atoms with E-state index in [2.05, 4.69) is 0 Å². The second-order valence-electron chi connectivity index (χ2n) is 4.67. The number of aryl methyl sites for hydroxylation is 1. The molecule has 22 heavy (non-hydrogen) atoms. The summed E-state index contributed by atoms with van der Waals surface area (Å²) in [5.74, 6) is -1.11. The Labute approximate surface area is 126 Å². The monoisotopic (exact) mass is 299 g/mol. The quantitative estimate of drug-likeness (QED) is 0.366. The molecule has 0 saturated heterocycles. The molecule has 6 heteroatoms. The van der Waals surface area contributed by atoms with Crippen LogP contribution in [0.3, 0.4) is 0 Å². The summed E-state index contributed by atoms with van der Waals surface area (Å²) in [6, 6.07) is 12.0. The number of ether oxygens (including phenoxy) is 1. The zero-order chi connectivity index (χ0) is 16.1. The van der Waals surface area contributed by atoms with Crippen molar-refractivity contribution in [3.63, 3.8) is 0 Å². The summed E-state index contributed by atoms with van der Waals surface area (Å²) in [4.78, 5) is 33.7. The topological polar surface area (TPSA) is 86.5 Å². The van der Waals surface area contributed by atoms with Gasteiger partial charge in [0.25, 0.3) is 5.69 Å². The highest BCUT2D eigenvalue weighted by atomic mass is 16.6. The second kappa shape index (κ2) is 6.62. The van der Waals surface area contributed by atoms with Crippen molar-refractivity contribution in [2.24, 2.45) is 0 Å². The van der Waals surface area contributed by atoms with Gasteiger partial charge in [-0.3, -0.25) is 14.9 Å². The molecule has 0 aliphatic heterocycles. The van der Waals surface area contributed by atoms with Crippen molar-refractivity contribution < 1.29 is 19.2 Å². The van der Waals surface area contributed by atoms with Crippen LogP contribution in [0.25, 0.3) is 0 Å². The van der Waals surface area contributed by atoms with E-state index in [0.717, 1.165) is 11.6 Å². The standard InChI is InChI=1S/C16H13NO5/c1-11-5-7-12(8-6-11)15(18)10-22-16(19)13-3-2-4-14(9-13)17(20)21/h2-9H,10H2,1H3. The van der Waals surface area contributed by atoms with Crippen LogP contribution in [0.4, 0.5) is 5.69 Å². The molecule has 0 N–H and O–H groups in total. The van der Waals surface area contributed by atoms with Gasteiger partial charge in [0.05, 0.1) is 10.5 Å². The largest absolute Gasteiger partial charge is 0.454 e. The fourth-order valence-electron chi connectivity index (χ4n) is 1.78. The van der Waals surface area contributed by atoms with Gasteiger partial charge in [0.2, 0.25) is 0 Å². The van der Waals surface area contributed by atoms with Crippen LogP contribution in [0.15, 0.2) is 48.5 Å². The molecule has 2 aromatic carbocycles. The Kier molecular flexibility index (Phi) is 4.63. The minimum absolute atomic E-state index is 0.0332. The highest BCUT2D eigenvalue weighted by Crippen LogP contribution is 2.14. The first-order valence-electron chi connectivity index (χ1n) is 6.49. The first-order valence-corrected chi connectivity index (χ1v) is 6.49. The predicted molar refractivity (Wildman–Crippen MR) is 78.9 cm³/mol. The van der Waals surface area contributed by atoms with Crippen molar-refractivity contribution >= 4 is 17.4 Å². The third-order valence-corrected chi connectivity index (χ3v) is 3.00. The molecule has 0 unspecified atom stereocenters. The highest BCUT2D eigenvalue weighted by molar-refractivity contribution is 5.99. The van der Waals surface area contributed by atoms with Gasteiger partial charge >= 0.3 is 5.97 Å². The van der Waals surface area contributed by atoms with Crippen LogP contribution < -0.4 is 0 Å². The molecule has 2 rings (SSSR count). The van der Waals surface area contributed by atoms with Gasteiger partial charge in [-0.05, 0) is 13.0 Å². The third-order valence-electron chi connectivity index (χ3n) is 3.00. The van der Waals surface area contributed by atoms with Crippen LogP contribution in [-0.4, -0.2) is 23.3 Å². The number of hydrogen-bond donors (Lipinski definition) is 0. The Morgan fingerprint density at radius 2 is 1.77 bits per heavy atom. The lowest BCUT2D eigenvalue weighted by molar-refractivity contribution is -0.384. The zero-order valence-electron chi connectivity index (χ0n) is 11.8. The number of benzene rings is 2. The molecule has 2 aromatic rings. The van der Waals surface area contributed by atoms with Gasteiger partial charge in [0.15, 0.2) is 12.4 Å². The number of Topliss-reactive ketones (excluding diaryl/α,β-unsaturated/α-hetero) is 1. The summed E-state index contributed by atoms with van der Waals surface area (Å²) in [6.45, 7) is 1.49. The number of carbonyl (C=O) groups is 2. The van der Waals surface area contributed by atoms with Crippen molar-refractivity contribution in [2.75, 3.05) is 6.61 Å². The van der Waals surface area contributed by atoms with Gasteiger partial charge in [-0.15, -0.1) is 0 Å². The molecule has 112 valence electrons. The maximum atomic E-state index is 11.9. The summed E-state index contributed by atoms with van der Waals surface area (Å²) in [5.41, 5.74) is 1.28. The fraction of sp³-hybridized carbons (Fsp3) is 0.125. The Morgan fingerprint density at radius 1 is 1.09 bits per heavy atom. The van der Waals surface area contributed by atoms with E-state index >= 15 is 0 Å². The van der Waals surface area contributed by atoms with Crippen LogP contribution in [0.5, 0.6) is 0 Å². The number of rotatable bonds is 5. The van der Waals surface area contributed by atoms with Gasteiger partial charge in [-0.1, -0.05) is 35.9 Å². The minimum atomic E-state index is -0.774. The highest BCUT2D eigenvalue weighted by Gasteiger charge is 2.14. The van der Waals surface area contributed by atoms with E-state index in [1.807, 2.05) is 6.92 Å². The van der Waals surface area contributed by atoms with Crippen LogP contribution in [-0.2, 0) is 4.74 Å². The molecule has 0 radical (unpaired) electrons. The smallest absolute Gasteiger partial charge is 0.338 e. The van der Waals surface area contributed by atoms with E-state index in [1.54, 1.807) is 24.3 Å². The first-order chi connectivity index (χ1) is 10.5. The Balaban J connectivity index is 2.00. The number of nitrogens with zero attached hydrogens (tertiary/aromatic N) is 1. The molecule has 0 heterocycles. The lowest BCUT2D eigenvalue weighted by Crippen LogP contribution is -2.14. The molecule has 0 aliphatic rings. The van der Waals surface area contributed by atoms with E-state index < -0.39 is 17.5 Å². The van der Waals surface area contributed by atoms with E-state index in [-0.39, 0.29) is 17.0 Å². The van der Waals surface area contributed by atoms with Gasteiger partial charge in [0.1, 0.15) is 0 Å². The SMILES string of the molecule is Cc1ccc(C(=O)COC(=O)c2cccc([N+](=O)[O-])c2)cc1. The van der Waals surface area contributed by atoms with Crippen molar-refractivity contribution in [3.05, 3.63) is 75.3 Å².